The molecule has 62 valence electrons. The second-order valence-electron chi connectivity index (χ2n) is 3.34. The Labute approximate surface area is 82.8 Å². The van der Waals surface area contributed by atoms with Crippen LogP contribution in [0.4, 0.5) is 0 Å². The minimum atomic E-state index is 0.0154. The average Bonchev–Trinajstić information content (AvgIpc) is 2.49. The number of hydrogen-bond acceptors (Lipinski definition) is 0. The van der Waals surface area contributed by atoms with Gasteiger partial charge in [0, 0.05) is 0 Å². The van der Waals surface area contributed by atoms with Crippen molar-refractivity contribution < 1.29 is 0 Å². The summed E-state index contributed by atoms with van der Waals surface area (Å²) in [4.78, 5) is 0. The molecular formula is C11H12Te. The van der Waals surface area contributed by atoms with Gasteiger partial charge in [0.1, 0.15) is 0 Å². The third-order valence-corrected chi connectivity index (χ3v) is 4.93. The average molecular weight is 272 g/mol. The molecule has 0 unspecified atom stereocenters. The van der Waals surface area contributed by atoms with Gasteiger partial charge in [-0.1, -0.05) is 0 Å². The van der Waals surface area contributed by atoms with Crippen molar-refractivity contribution in [1.29, 1.82) is 0 Å². The van der Waals surface area contributed by atoms with Crippen LogP contribution < -0.4 is 0 Å². The SMILES string of the molecule is CC(C)c1cccc2cc[te]c12. The predicted octanol–water partition coefficient (Wildman–Crippen LogP) is 3.02. The minimum absolute atomic E-state index is 0.0154. The molecule has 0 aliphatic rings. The molecule has 12 heavy (non-hydrogen) atoms. The molecule has 0 saturated heterocycles. The van der Waals surface area contributed by atoms with E-state index in [0.717, 1.165) is 0 Å². The van der Waals surface area contributed by atoms with Crippen LogP contribution in [0.15, 0.2) is 28.3 Å². The van der Waals surface area contributed by atoms with E-state index in [9.17, 15) is 0 Å². The van der Waals surface area contributed by atoms with Gasteiger partial charge in [0.05, 0.1) is 0 Å². The number of benzene rings is 1. The van der Waals surface area contributed by atoms with Gasteiger partial charge < -0.3 is 0 Å². The van der Waals surface area contributed by atoms with Crippen molar-refractivity contribution in [3.63, 3.8) is 0 Å². The fourth-order valence-corrected chi connectivity index (χ4v) is 4.50. The van der Waals surface area contributed by atoms with Crippen LogP contribution in [-0.2, 0) is 0 Å². The van der Waals surface area contributed by atoms with Crippen LogP contribution in [0, 0.1) is 0 Å². The van der Waals surface area contributed by atoms with Crippen LogP contribution in [0.3, 0.4) is 0 Å². The first-order chi connectivity index (χ1) is 5.79. The Morgan fingerprint density at radius 3 is 2.75 bits per heavy atom. The van der Waals surface area contributed by atoms with Crippen molar-refractivity contribution in [3.05, 3.63) is 33.9 Å². The Bertz CT molecular complexity index is 385. The van der Waals surface area contributed by atoms with Gasteiger partial charge in [-0.15, -0.1) is 0 Å². The molecular weight excluding hydrogens is 260 g/mol. The summed E-state index contributed by atoms with van der Waals surface area (Å²) < 4.78 is 4.04. The van der Waals surface area contributed by atoms with Crippen LogP contribution in [0.1, 0.15) is 25.3 Å². The molecule has 0 spiro atoms. The van der Waals surface area contributed by atoms with E-state index >= 15 is 0 Å². The normalized spacial score (nSPS) is 11.2. The molecule has 0 aliphatic heterocycles. The fraction of sp³-hybridized carbons (Fsp3) is 0.273. The van der Waals surface area contributed by atoms with Crippen LogP contribution in [0.5, 0.6) is 0 Å². The summed E-state index contributed by atoms with van der Waals surface area (Å²) >= 11 is 0.0154. The van der Waals surface area contributed by atoms with Gasteiger partial charge in [0.15, 0.2) is 0 Å². The molecule has 0 fully saturated rings. The molecule has 1 aromatic heterocycles. The molecule has 0 atom stereocenters. The van der Waals surface area contributed by atoms with Crippen molar-refractivity contribution in [2.24, 2.45) is 0 Å². The van der Waals surface area contributed by atoms with E-state index < -0.39 is 0 Å². The third-order valence-electron chi connectivity index (χ3n) is 2.13. The molecule has 0 bridgehead atoms. The van der Waals surface area contributed by atoms with Crippen molar-refractivity contribution >= 4 is 29.2 Å². The van der Waals surface area contributed by atoms with Crippen LogP contribution >= 0.6 is 0 Å². The molecule has 1 heterocycles. The molecule has 0 saturated carbocycles. The van der Waals surface area contributed by atoms with Crippen LogP contribution in [0.25, 0.3) is 8.79 Å². The van der Waals surface area contributed by atoms with Gasteiger partial charge >= 0.3 is 82.9 Å². The van der Waals surface area contributed by atoms with Crippen molar-refractivity contribution in [1.82, 2.24) is 0 Å². The summed E-state index contributed by atoms with van der Waals surface area (Å²) in [6.45, 7) is 4.56. The van der Waals surface area contributed by atoms with E-state index in [1.807, 2.05) is 0 Å². The number of hydrogen-bond donors (Lipinski definition) is 0. The fourth-order valence-electron chi connectivity index (χ4n) is 1.47. The van der Waals surface area contributed by atoms with E-state index in [0.29, 0.717) is 5.92 Å². The summed E-state index contributed by atoms with van der Waals surface area (Å²) in [6, 6.07) is 8.97. The molecule has 0 radical (unpaired) electrons. The molecule has 2 aromatic rings. The van der Waals surface area contributed by atoms with Gasteiger partial charge in [0.2, 0.25) is 0 Å². The van der Waals surface area contributed by atoms with Gasteiger partial charge in [-0.2, -0.15) is 0 Å². The van der Waals surface area contributed by atoms with Gasteiger partial charge in [0.25, 0.3) is 0 Å². The Kier molecular flexibility index (Phi) is 2.26. The molecule has 0 aliphatic carbocycles. The molecule has 0 nitrogen and oxygen atoms in total. The second kappa shape index (κ2) is 3.24. The zero-order valence-electron chi connectivity index (χ0n) is 7.37. The molecule has 1 heteroatoms. The first-order valence-corrected chi connectivity index (χ1v) is 6.76. The first kappa shape index (κ1) is 8.35. The molecule has 2 rings (SSSR count). The number of fused-ring (bicyclic) bond motifs is 1. The van der Waals surface area contributed by atoms with E-state index in [-0.39, 0.29) is 20.4 Å². The van der Waals surface area contributed by atoms with E-state index in [2.05, 4.69) is 42.2 Å². The Hall–Kier alpha value is -0.250. The van der Waals surface area contributed by atoms with E-state index in [4.69, 9.17) is 0 Å². The van der Waals surface area contributed by atoms with Crippen LogP contribution in [-0.4, -0.2) is 20.4 Å². The summed E-state index contributed by atoms with van der Waals surface area (Å²) in [5, 5.41) is 1.48. The number of rotatable bonds is 1. The van der Waals surface area contributed by atoms with Crippen molar-refractivity contribution in [2.45, 2.75) is 19.8 Å². The van der Waals surface area contributed by atoms with Crippen LogP contribution in [0.2, 0.25) is 0 Å². The monoisotopic (exact) mass is 274 g/mol. The Morgan fingerprint density at radius 2 is 2.00 bits per heavy atom. The third kappa shape index (κ3) is 1.32. The van der Waals surface area contributed by atoms with Gasteiger partial charge in [-0.05, 0) is 0 Å². The summed E-state index contributed by atoms with van der Waals surface area (Å²) in [5.74, 6) is 0.685. The first-order valence-electron chi connectivity index (χ1n) is 4.25. The Balaban J connectivity index is 2.73. The molecule has 1 aromatic carbocycles. The zero-order valence-corrected chi connectivity index (χ0v) is 9.70. The van der Waals surface area contributed by atoms with E-state index in [1.165, 1.54) is 5.39 Å². The second-order valence-corrected chi connectivity index (χ2v) is 5.96. The van der Waals surface area contributed by atoms with Crippen molar-refractivity contribution in [2.75, 3.05) is 0 Å². The van der Waals surface area contributed by atoms with E-state index in [1.54, 1.807) is 8.97 Å². The quantitative estimate of drug-likeness (QED) is 0.700. The molecule has 0 N–H and O–H groups in total. The van der Waals surface area contributed by atoms with Crippen molar-refractivity contribution in [3.8, 4) is 0 Å². The van der Waals surface area contributed by atoms with Gasteiger partial charge in [-0.3, -0.25) is 0 Å². The predicted molar refractivity (Wildman–Crippen MR) is 55.0 cm³/mol. The summed E-state index contributed by atoms with van der Waals surface area (Å²) in [5.41, 5.74) is 1.57. The topological polar surface area (TPSA) is 0 Å². The maximum absolute atomic E-state index is 2.38. The molecule has 0 amide bonds. The van der Waals surface area contributed by atoms with Gasteiger partial charge in [-0.25, -0.2) is 0 Å². The standard InChI is InChI=1S/C11H12Te/c1-8(2)10-5-3-4-9-6-7-12-11(9)10/h3-8H,1-2H3. The maximum atomic E-state index is 2.38. The Morgan fingerprint density at radius 1 is 1.17 bits per heavy atom. The summed E-state index contributed by atoms with van der Waals surface area (Å²) in [7, 11) is 0. The summed E-state index contributed by atoms with van der Waals surface area (Å²) in [6.07, 6.45) is 0. The zero-order chi connectivity index (χ0) is 8.55.